The van der Waals surface area contributed by atoms with E-state index in [-0.39, 0.29) is 17.5 Å². The lowest BCUT2D eigenvalue weighted by molar-refractivity contribution is -0.128. The lowest BCUT2D eigenvalue weighted by atomic mass is 9.92. The predicted octanol–water partition coefficient (Wildman–Crippen LogP) is 1.09. The van der Waals surface area contributed by atoms with Gasteiger partial charge in [-0.2, -0.15) is 0 Å². The molecule has 2 atom stereocenters. The van der Waals surface area contributed by atoms with Gasteiger partial charge in [0.25, 0.3) is 0 Å². The van der Waals surface area contributed by atoms with Crippen LogP contribution in [0.4, 0.5) is 5.95 Å². The minimum absolute atomic E-state index is 0.160. The van der Waals surface area contributed by atoms with E-state index in [0.29, 0.717) is 0 Å². The predicted molar refractivity (Wildman–Crippen MR) is 85.7 cm³/mol. The average molecular weight is 303 g/mol. The summed E-state index contributed by atoms with van der Waals surface area (Å²) in [5.41, 5.74) is -0.356. The van der Waals surface area contributed by atoms with Crippen LogP contribution in [0.15, 0.2) is 18.5 Å². The molecular weight excluding hydrogens is 278 g/mol. The maximum atomic E-state index is 12.7. The van der Waals surface area contributed by atoms with Crippen LogP contribution >= 0.6 is 0 Å². The molecule has 1 aromatic rings. The maximum Gasteiger partial charge on any atom is 0.240 e. The van der Waals surface area contributed by atoms with Crippen LogP contribution in [0.25, 0.3) is 0 Å². The second kappa shape index (κ2) is 6.60. The van der Waals surface area contributed by atoms with Gasteiger partial charge in [0.15, 0.2) is 0 Å². The maximum absolute atomic E-state index is 12.7. The number of piperidine rings is 1. The number of hydrogen-bond acceptors (Lipinski definition) is 5. The van der Waals surface area contributed by atoms with Crippen molar-refractivity contribution in [3.05, 3.63) is 18.5 Å². The summed E-state index contributed by atoms with van der Waals surface area (Å²) in [6.07, 6.45) is 8.46. The van der Waals surface area contributed by atoms with E-state index in [1.165, 1.54) is 0 Å². The number of rotatable bonds is 4. The molecule has 1 amide bonds. The van der Waals surface area contributed by atoms with Crippen molar-refractivity contribution in [1.82, 2.24) is 20.6 Å². The molecule has 120 valence electrons. The molecule has 6 nitrogen and oxygen atoms in total. The van der Waals surface area contributed by atoms with Gasteiger partial charge in [-0.15, -0.1) is 0 Å². The van der Waals surface area contributed by atoms with Crippen molar-refractivity contribution in [2.45, 2.75) is 50.6 Å². The molecule has 0 aliphatic carbocycles. The normalized spacial score (nSPS) is 28.6. The van der Waals surface area contributed by atoms with Gasteiger partial charge in [0.1, 0.15) is 0 Å². The van der Waals surface area contributed by atoms with Gasteiger partial charge < -0.3 is 15.5 Å². The SMILES string of the molecule is CCC1(C(=O)NC2CCCN(c3ncccn3)C2)CCCN1. The van der Waals surface area contributed by atoms with Crippen LogP contribution in [0.2, 0.25) is 0 Å². The van der Waals surface area contributed by atoms with Gasteiger partial charge in [0.05, 0.1) is 5.54 Å². The van der Waals surface area contributed by atoms with Gasteiger partial charge >= 0.3 is 0 Å². The lowest BCUT2D eigenvalue weighted by Crippen LogP contribution is -2.58. The Morgan fingerprint density at radius 3 is 2.95 bits per heavy atom. The lowest BCUT2D eigenvalue weighted by Gasteiger charge is -2.35. The van der Waals surface area contributed by atoms with Crippen LogP contribution < -0.4 is 15.5 Å². The number of carbonyl (C=O) groups is 1. The van der Waals surface area contributed by atoms with Crippen molar-refractivity contribution in [2.24, 2.45) is 0 Å². The van der Waals surface area contributed by atoms with Crippen LogP contribution in [0.3, 0.4) is 0 Å². The first kappa shape index (κ1) is 15.2. The minimum atomic E-state index is -0.356. The highest BCUT2D eigenvalue weighted by Crippen LogP contribution is 2.24. The third kappa shape index (κ3) is 3.06. The van der Waals surface area contributed by atoms with E-state index in [1.807, 2.05) is 6.07 Å². The second-order valence-electron chi connectivity index (χ2n) is 6.27. The molecule has 0 radical (unpaired) electrons. The third-order valence-corrected chi connectivity index (χ3v) is 4.87. The van der Waals surface area contributed by atoms with Crippen LogP contribution in [0.1, 0.15) is 39.0 Å². The zero-order valence-electron chi connectivity index (χ0n) is 13.2. The Morgan fingerprint density at radius 2 is 2.27 bits per heavy atom. The van der Waals surface area contributed by atoms with Gasteiger partial charge in [-0.3, -0.25) is 4.79 Å². The number of nitrogens with one attached hydrogen (secondary N) is 2. The highest BCUT2D eigenvalue weighted by atomic mass is 16.2. The molecule has 6 heteroatoms. The fourth-order valence-electron chi connectivity index (χ4n) is 3.52. The molecule has 2 fully saturated rings. The Morgan fingerprint density at radius 1 is 1.45 bits per heavy atom. The molecule has 2 saturated heterocycles. The van der Waals surface area contributed by atoms with E-state index in [4.69, 9.17) is 0 Å². The van der Waals surface area contributed by atoms with Crippen molar-refractivity contribution in [1.29, 1.82) is 0 Å². The summed E-state index contributed by atoms with van der Waals surface area (Å²) in [6.45, 7) is 4.77. The van der Waals surface area contributed by atoms with Gasteiger partial charge in [-0.05, 0) is 44.7 Å². The molecule has 3 heterocycles. The zero-order chi connectivity index (χ0) is 15.4. The van der Waals surface area contributed by atoms with E-state index in [0.717, 1.165) is 57.7 Å². The quantitative estimate of drug-likeness (QED) is 0.871. The smallest absolute Gasteiger partial charge is 0.240 e. The number of aromatic nitrogens is 2. The molecule has 0 saturated carbocycles. The molecule has 0 bridgehead atoms. The molecule has 1 aromatic heterocycles. The summed E-state index contributed by atoms with van der Waals surface area (Å²) in [5, 5.41) is 6.66. The first-order valence-corrected chi connectivity index (χ1v) is 8.31. The van der Waals surface area contributed by atoms with Crippen LogP contribution in [0.5, 0.6) is 0 Å². The second-order valence-corrected chi connectivity index (χ2v) is 6.27. The number of hydrogen-bond donors (Lipinski definition) is 2. The number of amides is 1. The Labute approximate surface area is 131 Å². The highest BCUT2D eigenvalue weighted by molar-refractivity contribution is 5.87. The summed E-state index contributed by atoms with van der Waals surface area (Å²) in [7, 11) is 0. The van der Waals surface area contributed by atoms with E-state index in [2.05, 4.69) is 32.4 Å². The summed E-state index contributed by atoms with van der Waals surface area (Å²) < 4.78 is 0. The van der Waals surface area contributed by atoms with E-state index in [1.54, 1.807) is 12.4 Å². The molecule has 2 aliphatic heterocycles. The van der Waals surface area contributed by atoms with Gasteiger partial charge in [0, 0.05) is 31.5 Å². The van der Waals surface area contributed by atoms with E-state index < -0.39 is 0 Å². The molecule has 3 rings (SSSR count). The molecule has 0 aromatic carbocycles. The van der Waals surface area contributed by atoms with Gasteiger partial charge in [-0.25, -0.2) is 9.97 Å². The Bertz CT molecular complexity index is 501. The third-order valence-electron chi connectivity index (χ3n) is 4.87. The van der Waals surface area contributed by atoms with Crippen molar-refractivity contribution in [2.75, 3.05) is 24.5 Å². The standard InChI is InChI=1S/C16H25N5O/c1-2-16(7-4-10-19-16)14(22)20-13-6-3-11-21(12-13)15-17-8-5-9-18-15/h5,8-9,13,19H,2-4,6-7,10-12H2,1H3,(H,20,22). The Hall–Kier alpha value is -1.69. The molecule has 2 N–H and O–H groups in total. The summed E-state index contributed by atoms with van der Waals surface area (Å²) >= 11 is 0. The van der Waals surface area contributed by atoms with Gasteiger partial charge in [-0.1, -0.05) is 6.92 Å². The number of anilines is 1. The van der Waals surface area contributed by atoms with E-state index in [9.17, 15) is 4.79 Å². The van der Waals surface area contributed by atoms with E-state index >= 15 is 0 Å². The van der Waals surface area contributed by atoms with Crippen molar-refractivity contribution in [3.63, 3.8) is 0 Å². The number of nitrogens with zero attached hydrogens (tertiary/aromatic N) is 3. The number of carbonyl (C=O) groups excluding carboxylic acids is 1. The van der Waals surface area contributed by atoms with Crippen molar-refractivity contribution >= 4 is 11.9 Å². The monoisotopic (exact) mass is 303 g/mol. The first-order chi connectivity index (χ1) is 10.7. The topological polar surface area (TPSA) is 70.2 Å². The van der Waals surface area contributed by atoms with Crippen molar-refractivity contribution in [3.8, 4) is 0 Å². The Kier molecular flexibility index (Phi) is 4.57. The minimum Gasteiger partial charge on any atom is -0.350 e. The van der Waals surface area contributed by atoms with Crippen LogP contribution in [-0.4, -0.2) is 47.1 Å². The van der Waals surface area contributed by atoms with Crippen LogP contribution in [0, 0.1) is 0 Å². The summed E-state index contributed by atoms with van der Waals surface area (Å²) in [5.74, 6) is 0.916. The van der Waals surface area contributed by atoms with Gasteiger partial charge in [0.2, 0.25) is 11.9 Å². The zero-order valence-corrected chi connectivity index (χ0v) is 13.2. The molecule has 2 unspecified atom stereocenters. The average Bonchev–Trinajstić information content (AvgIpc) is 3.06. The van der Waals surface area contributed by atoms with Crippen molar-refractivity contribution < 1.29 is 4.79 Å². The first-order valence-electron chi connectivity index (χ1n) is 8.31. The Balaban J connectivity index is 1.62. The molecular formula is C16H25N5O. The fraction of sp³-hybridized carbons (Fsp3) is 0.688. The fourth-order valence-corrected chi connectivity index (χ4v) is 3.52. The summed E-state index contributed by atoms with van der Waals surface area (Å²) in [6, 6.07) is 2.00. The largest absolute Gasteiger partial charge is 0.350 e. The summed E-state index contributed by atoms with van der Waals surface area (Å²) in [4.78, 5) is 23.5. The molecule has 0 spiro atoms. The molecule has 22 heavy (non-hydrogen) atoms. The van der Waals surface area contributed by atoms with Crippen LogP contribution in [-0.2, 0) is 4.79 Å². The molecule has 2 aliphatic rings. The highest BCUT2D eigenvalue weighted by Gasteiger charge is 2.40.